The lowest BCUT2D eigenvalue weighted by Gasteiger charge is -2.08. The summed E-state index contributed by atoms with van der Waals surface area (Å²) < 4.78 is 30.5. The van der Waals surface area contributed by atoms with E-state index in [4.69, 9.17) is 4.74 Å². The molecular formula is C10H15NO3S. The summed E-state index contributed by atoms with van der Waals surface area (Å²) >= 11 is 0. The molecule has 0 aliphatic rings. The average molecular weight is 229 g/mol. The fourth-order valence-corrected chi connectivity index (χ4v) is 2.04. The Morgan fingerprint density at radius 2 is 2.07 bits per heavy atom. The van der Waals surface area contributed by atoms with Gasteiger partial charge in [0.05, 0.1) is 11.5 Å². The smallest absolute Gasteiger partial charge is 0.240 e. The van der Waals surface area contributed by atoms with Crippen molar-refractivity contribution in [3.05, 3.63) is 23.8 Å². The van der Waals surface area contributed by atoms with Crippen molar-refractivity contribution in [3.63, 3.8) is 0 Å². The second-order valence-electron chi connectivity index (χ2n) is 3.07. The lowest BCUT2D eigenvalue weighted by atomic mass is 10.2. The minimum atomic E-state index is -3.36. The van der Waals surface area contributed by atoms with Crippen LogP contribution in [0.1, 0.15) is 12.5 Å². The SMILES string of the molecule is CCOc1ccc(S(=O)(=O)NC)cc1C. The summed E-state index contributed by atoms with van der Waals surface area (Å²) in [6.45, 7) is 4.27. The van der Waals surface area contributed by atoms with Crippen LogP contribution >= 0.6 is 0 Å². The highest BCUT2D eigenvalue weighted by molar-refractivity contribution is 7.89. The van der Waals surface area contributed by atoms with E-state index in [1.807, 2.05) is 13.8 Å². The molecule has 0 saturated heterocycles. The van der Waals surface area contributed by atoms with E-state index in [0.29, 0.717) is 12.4 Å². The lowest BCUT2D eigenvalue weighted by molar-refractivity contribution is 0.337. The third kappa shape index (κ3) is 2.70. The third-order valence-corrected chi connectivity index (χ3v) is 3.44. The number of aryl methyl sites for hydroxylation is 1. The molecule has 0 spiro atoms. The molecule has 0 radical (unpaired) electrons. The van der Waals surface area contributed by atoms with E-state index in [1.54, 1.807) is 12.1 Å². The number of hydrogen-bond donors (Lipinski definition) is 1. The summed E-state index contributed by atoms with van der Waals surface area (Å²) in [6, 6.07) is 4.80. The standard InChI is InChI=1S/C10H15NO3S/c1-4-14-10-6-5-9(7-8(10)2)15(12,13)11-3/h5-7,11H,4H2,1-3H3. The van der Waals surface area contributed by atoms with Crippen LogP contribution in [-0.4, -0.2) is 22.1 Å². The number of hydrogen-bond acceptors (Lipinski definition) is 3. The normalized spacial score (nSPS) is 11.4. The first-order valence-electron chi connectivity index (χ1n) is 4.68. The van der Waals surface area contributed by atoms with Crippen LogP contribution in [0.25, 0.3) is 0 Å². The van der Waals surface area contributed by atoms with Crippen molar-refractivity contribution in [3.8, 4) is 5.75 Å². The molecule has 0 atom stereocenters. The van der Waals surface area contributed by atoms with Gasteiger partial charge < -0.3 is 4.74 Å². The Morgan fingerprint density at radius 3 is 2.53 bits per heavy atom. The fourth-order valence-electron chi connectivity index (χ4n) is 1.22. The highest BCUT2D eigenvalue weighted by Crippen LogP contribution is 2.21. The van der Waals surface area contributed by atoms with E-state index in [0.717, 1.165) is 5.56 Å². The molecular weight excluding hydrogens is 214 g/mol. The lowest BCUT2D eigenvalue weighted by Crippen LogP contribution is -2.18. The number of nitrogens with one attached hydrogen (secondary N) is 1. The summed E-state index contributed by atoms with van der Waals surface area (Å²) in [5, 5.41) is 0. The molecule has 5 heteroatoms. The van der Waals surface area contributed by atoms with Gasteiger partial charge in [-0.1, -0.05) is 0 Å². The molecule has 84 valence electrons. The van der Waals surface area contributed by atoms with Crippen LogP contribution in [0.2, 0.25) is 0 Å². The first kappa shape index (κ1) is 12.0. The van der Waals surface area contributed by atoms with E-state index < -0.39 is 10.0 Å². The molecule has 15 heavy (non-hydrogen) atoms. The molecule has 1 N–H and O–H groups in total. The van der Waals surface area contributed by atoms with Gasteiger partial charge >= 0.3 is 0 Å². The summed E-state index contributed by atoms with van der Waals surface area (Å²) in [5.74, 6) is 0.715. The largest absolute Gasteiger partial charge is 0.494 e. The predicted octanol–water partition coefficient (Wildman–Crippen LogP) is 1.30. The average Bonchev–Trinajstić information content (AvgIpc) is 2.21. The second-order valence-corrected chi connectivity index (χ2v) is 4.95. The van der Waals surface area contributed by atoms with Crippen LogP contribution in [0, 0.1) is 6.92 Å². The van der Waals surface area contributed by atoms with E-state index >= 15 is 0 Å². The molecule has 0 unspecified atom stereocenters. The monoisotopic (exact) mass is 229 g/mol. The molecule has 1 aromatic carbocycles. The van der Waals surface area contributed by atoms with Crippen molar-refractivity contribution < 1.29 is 13.2 Å². The first-order chi connectivity index (χ1) is 7.01. The Labute approximate surface area is 90.3 Å². The van der Waals surface area contributed by atoms with Crippen LogP contribution in [0.15, 0.2) is 23.1 Å². The Kier molecular flexibility index (Phi) is 3.71. The quantitative estimate of drug-likeness (QED) is 0.846. The van der Waals surface area contributed by atoms with E-state index in [9.17, 15) is 8.42 Å². The van der Waals surface area contributed by atoms with Gasteiger partial charge in [0.15, 0.2) is 0 Å². The zero-order valence-electron chi connectivity index (χ0n) is 9.07. The van der Waals surface area contributed by atoms with Gasteiger partial charge in [-0.25, -0.2) is 13.1 Å². The molecule has 0 aromatic heterocycles. The second kappa shape index (κ2) is 4.63. The van der Waals surface area contributed by atoms with E-state index in [1.165, 1.54) is 13.1 Å². The zero-order chi connectivity index (χ0) is 11.5. The van der Waals surface area contributed by atoms with Crippen LogP contribution < -0.4 is 9.46 Å². The summed E-state index contributed by atoms with van der Waals surface area (Å²) in [7, 11) is -1.97. The fraction of sp³-hybridized carbons (Fsp3) is 0.400. The highest BCUT2D eigenvalue weighted by Gasteiger charge is 2.12. The van der Waals surface area contributed by atoms with Crippen molar-refractivity contribution >= 4 is 10.0 Å². The van der Waals surface area contributed by atoms with Crippen molar-refractivity contribution in [2.45, 2.75) is 18.7 Å². The first-order valence-corrected chi connectivity index (χ1v) is 6.16. The van der Waals surface area contributed by atoms with E-state index in [-0.39, 0.29) is 4.90 Å². The molecule has 0 fully saturated rings. The Balaban J connectivity index is 3.12. The third-order valence-electron chi connectivity index (χ3n) is 2.03. The molecule has 0 aliphatic heterocycles. The minimum absolute atomic E-state index is 0.256. The van der Waals surface area contributed by atoms with Gasteiger partial charge in [-0.05, 0) is 44.7 Å². The van der Waals surface area contributed by atoms with Crippen molar-refractivity contribution in [1.29, 1.82) is 0 Å². The topological polar surface area (TPSA) is 55.4 Å². The Bertz CT molecular complexity index is 440. The van der Waals surface area contributed by atoms with Crippen LogP contribution in [-0.2, 0) is 10.0 Å². The molecule has 1 rings (SSSR count). The predicted molar refractivity (Wildman–Crippen MR) is 58.6 cm³/mol. The molecule has 0 heterocycles. The van der Waals surface area contributed by atoms with Gasteiger partial charge in [0.1, 0.15) is 5.75 Å². The van der Waals surface area contributed by atoms with Gasteiger partial charge in [0.2, 0.25) is 10.0 Å². The molecule has 0 aliphatic carbocycles. The molecule has 0 amide bonds. The van der Waals surface area contributed by atoms with Gasteiger partial charge in [-0.15, -0.1) is 0 Å². The summed E-state index contributed by atoms with van der Waals surface area (Å²) in [6.07, 6.45) is 0. The molecule has 4 nitrogen and oxygen atoms in total. The van der Waals surface area contributed by atoms with Gasteiger partial charge in [0, 0.05) is 0 Å². The maximum absolute atomic E-state index is 11.5. The number of ether oxygens (including phenoxy) is 1. The summed E-state index contributed by atoms with van der Waals surface area (Å²) in [5.41, 5.74) is 0.813. The number of rotatable bonds is 4. The molecule has 1 aromatic rings. The van der Waals surface area contributed by atoms with E-state index in [2.05, 4.69) is 4.72 Å². The van der Waals surface area contributed by atoms with Gasteiger partial charge in [-0.2, -0.15) is 0 Å². The van der Waals surface area contributed by atoms with Crippen LogP contribution in [0.3, 0.4) is 0 Å². The number of sulfonamides is 1. The van der Waals surface area contributed by atoms with Crippen molar-refractivity contribution in [2.75, 3.05) is 13.7 Å². The highest BCUT2D eigenvalue weighted by atomic mass is 32.2. The van der Waals surface area contributed by atoms with Gasteiger partial charge in [0.25, 0.3) is 0 Å². The maximum atomic E-state index is 11.5. The summed E-state index contributed by atoms with van der Waals surface area (Å²) in [4.78, 5) is 0.256. The van der Waals surface area contributed by atoms with Gasteiger partial charge in [-0.3, -0.25) is 0 Å². The van der Waals surface area contributed by atoms with Crippen LogP contribution in [0.4, 0.5) is 0 Å². The Hall–Kier alpha value is -1.07. The molecule has 0 saturated carbocycles. The van der Waals surface area contributed by atoms with Crippen molar-refractivity contribution in [2.24, 2.45) is 0 Å². The minimum Gasteiger partial charge on any atom is -0.494 e. The van der Waals surface area contributed by atoms with Crippen LogP contribution in [0.5, 0.6) is 5.75 Å². The maximum Gasteiger partial charge on any atom is 0.240 e. The zero-order valence-corrected chi connectivity index (χ0v) is 9.89. The van der Waals surface area contributed by atoms with Crippen molar-refractivity contribution in [1.82, 2.24) is 4.72 Å². The Morgan fingerprint density at radius 1 is 1.40 bits per heavy atom. The molecule has 0 bridgehead atoms. The number of benzene rings is 1.